The zero-order valence-corrected chi connectivity index (χ0v) is 13.1. The highest BCUT2D eigenvalue weighted by Gasteiger charge is 2.56. The highest BCUT2D eigenvalue weighted by molar-refractivity contribution is 7.13. The summed E-state index contributed by atoms with van der Waals surface area (Å²) in [6, 6.07) is 6.78. The topological polar surface area (TPSA) is 102 Å². The molecule has 4 rings (SSSR count). The normalized spacial score (nSPS) is 25.2. The number of carbonyl (C=O) groups excluding carboxylic acids is 2. The number of fused-ring (bicyclic) bond motifs is 1. The van der Waals surface area contributed by atoms with E-state index in [1.807, 2.05) is 23.6 Å². The van der Waals surface area contributed by atoms with Gasteiger partial charge in [0.2, 0.25) is 5.91 Å². The van der Waals surface area contributed by atoms with Gasteiger partial charge in [-0.25, -0.2) is 4.98 Å². The number of thiazole rings is 1. The lowest BCUT2D eigenvalue weighted by Crippen LogP contribution is -2.46. The first-order chi connectivity index (χ1) is 11.1. The molecule has 1 saturated carbocycles. The van der Waals surface area contributed by atoms with Crippen LogP contribution < -0.4 is 11.5 Å². The van der Waals surface area contributed by atoms with Gasteiger partial charge >= 0.3 is 0 Å². The number of nitrogen functional groups attached to an aromatic ring is 1. The molecular formula is C16H16N4O2S. The van der Waals surface area contributed by atoms with Gasteiger partial charge in [0.05, 0.1) is 5.69 Å². The number of rotatable bonds is 3. The van der Waals surface area contributed by atoms with Gasteiger partial charge in [0.15, 0.2) is 5.13 Å². The summed E-state index contributed by atoms with van der Waals surface area (Å²) in [5.74, 6) is 0.0685. The van der Waals surface area contributed by atoms with Gasteiger partial charge in [0.1, 0.15) is 6.04 Å². The molecule has 2 heterocycles. The van der Waals surface area contributed by atoms with E-state index >= 15 is 0 Å². The van der Waals surface area contributed by atoms with Gasteiger partial charge in [0, 0.05) is 23.1 Å². The maximum atomic E-state index is 13.0. The second-order valence-corrected chi connectivity index (χ2v) is 6.97. The Labute approximate surface area is 137 Å². The minimum atomic E-state index is -0.485. The number of nitrogens with two attached hydrogens (primary N) is 2. The first-order valence-corrected chi connectivity index (χ1v) is 8.35. The first kappa shape index (κ1) is 14.2. The van der Waals surface area contributed by atoms with Gasteiger partial charge in [-0.15, -0.1) is 11.3 Å². The van der Waals surface area contributed by atoms with E-state index in [0.717, 1.165) is 12.0 Å². The van der Waals surface area contributed by atoms with Crippen LogP contribution in [-0.2, 0) is 4.79 Å². The average Bonchev–Trinajstić information content (AvgIpc) is 2.99. The molecule has 1 saturated heterocycles. The summed E-state index contributed by atoms with van der Waals surface area (Å²) in [6.45, 7) is 0.602. The number of benzene rings is 1. The molecule has 2 amide bonds. The Kier molecular flexibility index (Phi) is 3.12. The quantitative estimate of drug-likeness (QED) is 0.887. The van der Waals surface area contributed by atoms with Gasteiger partial charge in [0.25, 0.3) is 5.91 Å². The van der Waals surface area contributed by atoms with Gasteiger partial charge in [-0.05, 0) is 24.3 Å². The molecule has 1 aromatic carbocycles. The number of aromatic nitrogens is 1. The number of nitrogens with zero attached hydrogens (tertiary/aromatic N) is 2. The maximum absolute atomic E-state index is 13.0. The monoisotopic (exact) mass is 328 g/mol. The lowest BCUT2D eigenvalue weighted by Gasteiger charge is -2.26. The lowest BCUT2D eigenvalue weighted by molar-refractivity contribution is -0.122. The van der Waals surface area contributed by atoms with Crippen molar-refractivity contribution in [2.75, 3.05) is 12.3 Å². The van der Waals surface area contributed by atoms with Gasteiger partial charge in [-0.2, -0.15) is 0 Å². The third-order valence-corrected chi connectivity index (χ3v) is 5.33. The number of amides is 2. The molecule has 0 radical (unpaired) electrons. The highest BCUT2D eigenvalue weighted by Crippen LogP contribution is 2.50. The molecule has 118 valence electrons. The maximum Gasteiger partial charge on any atom is 0.255 e. The van der Waals surface area contributed by atoms with Crippen LogP contribution in [0, 0.1) is 11.8 Å². The molecule has 4 N–H and O–H groups in total. The second kappa shape index (κ2) is 5.06. The van der Waals surface area contributed by atoms with Gasteiger partial charge < -0.3 is 16.4 Å². The van der Waals surface area contributed by atoms with Gasteiger partial charge in [-0.1, -0.05) is 18.2 Å². The summed E-state index contributed by atoms with van der Waals surface area (Å²) in [4.78, 5) is 30.6. The van der Waals surface area contributed by atoms with Crippen LogP contribution in [0.5, 0.6) is 0 Å². The minimum Gasteiger partial charge on any atom is -0.375 e. The van der Waals surface area contributed by atoms with Crippen LogP contribution in [0.4, 0.5) is 5.13 Å². The van der Waals surface area contributed by atoms with Crippen molar-refractivity contribution in [1.82, 2.24) is 9.88 Å². The van der Waals surface area contributed by atoms with E-state index in [-0.39, 0.29) is 11.8 Å². The highest BCUT2D eigenvalue weighted by atomic mass is 32.1. The first-order valence-electron chi connectivity index (χ1n) is 7.47. The van der Waals surface area contributed by atoms with Crippen molar-refractivity contribution in [3.8, 4) is 11.3 Å². The predicted octanol–water partition coefficient (Wildman–Crippen LogP) is 1.34. The molecule has 6 nitrogen and oxygen atoms in total. The van der Waals surface area contributed by atoms with Crippen molar-refractivity contribution in [3.05, 3.63) is 35.2 Å². The lowest BCUT2D eigenvalue weighted by atomic mass is 10.0. The summed E-state index contributed by atoms with van der Waals surface area (Å²) in [5.41, 5.74) is 13.2. The number of hydrogen-bond acceptors (Lipinski definition) is 5. The Morgan fingerprint density at radius 3 is 2.78 bits per heavy atom. The molecule has 1 aliphatic heterocycles. The number of piperidine rings is 1. The summed E-state index contributed by atoms with van der Waals surface area (Å²) >= 11 is 1.33. The molecule has 3 atom stereocenters. The van der Waals surface area contributed by atoms with E-state index in [2.05, 4.69) is 4.98 Å². The fourth-order valence-electron chi connectivity index (χ4n) is 3.50. The van der Waals surface area contributed by atoms with E-state index in [9.17, 15) is 9.59 Å². The van der Waals surface area contributed by atoms with Crippen molar-refractivity contribution < 1.29 is 9.59 Å². The molecular weight excluding hydrogens is 312 g/mol. The Hall–Kier alpha value is -2.41. The molecule has 7 heteroatoms. The third-order valence-electron chi connectivity index (χ3n) is 4.66. The molecule has 0 spiro atoms. The van der Waals surface area contributed by atoms with Crippen LogP contribution in [0.15, 0.2) is 29.6 Å². The van der Waals surface area contributed by atoms with Gasteiger partial charge in [-0.3, -0.25) is 9.59 Å². The fourth-order valence-corrected chi connectivity index (χ4v) is 4.06. The molecule has 0 unspecified atom stereocenters. The third kappa shape index (κ3) is 2.28. The number of likely N-dealkylation sites (tertiary alicyclic amines) is 1. The van der Waals surface area contributed by atoms with Crippen LogP contribution in [-0.4, -0.2) is 34.3 Å². The van der Waals surface area contributed by atoms with E-state index in [4.69, 9.17) is 11.5 Å². The van der Waals surface area contributed by atoms with Crippen molar-refractivity contribution in [1.29, 1.82) is 0 Å². The molecule has 1 aliphatic carbocycles. The van der Waals surface area contributed by atoms with E-state index < -0.39 is 11.9 Å². The average molecular weight is 328 g/mol. The summed E-state index contributed by atoms with van der Waals surface area (Å²) in [7, 11) is 0. The molecule has 23 heavy (non-hydrogen) atoms. The second-order valence-electron chi connectivity index (χ2n) is 6.08. The minimum absolute atomic E-state index is 0.164. The van der Waals surface area contributed by atoms with Crippen LogP contribution in [0.2, 0.25) is 0 Å². The number of anilines is 1. The van der Waals surface area contributed by atoms with Crippen molar-refractivity contribution in [3.63, 3.8) is 0 Å². The van der Waals surface area contributed by atoms with Crippen LogP contribution in [0.25, 0.3) is 11.3 Å². The molecule has 2 aromatic rings. The number of carbonyl (C=O) groups is 2. The van der Waals surface area contributed by atoms with Crippen molar-refractivity contribution in [2.24, 2.45) is 17.6 Å². The molecule has 0 bridgehead atoms. The molecule has 2 aliphatic rings. The summed E-state index contributed by atoms with van der Waals surface area (Å²) in [6.07, 6.45) is 0.988. The summed E-state index contributed by atoms with van der Waals surface area (Å²) < 4.78 is 0. The largest absolute Gasteiger partial charge is 0.375 e. The standard InChI is InChI=1S/C16H16N4O2S/c17-14(21)13-11-5-8(11)6-20(13)15(22)10-4-2-1-3-9(10)12-7-23-16(18)19-12/h1-4,7-8,11,13H,5-6H2,(H2,17,21)(H2,18,19)/t8-,11-,13-/m0/s1. The van der Waals surface area contributed by atoms with Crippen LogP contribution >= 0.6 is 11.3 Å². The Bertz CT molecular complexity index is 803. The van der Waals surface area contributed by atoms with Crippen LogP contribution in [0.3, 0.4) is 0 Å². The Morgan fingerprint density at radius 2 is 2.09 bits per heavy atom. The smallest absolute Gasteiger partial charge is 0.255 e. The van der Waals surface area contributed by atoms with E-state index in [1.54, 1.807) is 11.0 Å². The summed E-state index contributed by atoms with van der Waals surface area (Å²) in [5, 5.41) is 2.29. The zero-order chi connectivity index (χ0) is 16.1. The van der Waals surface area contributed by atoms with Crippen molar-refractivity contribution in [2.45, 2.75) is 12.5 Å². The van der Waals surface area contributed by atoms with Crippen molar-refractivity contribution >= 4 is 28.3 Å². The molecule has 2 fully saturated rings. The van der Waals surface area contributed by atoms with Crippen LogP contribution in [0.1, 0.15) is 16.8 Å². The van der Waals surface area contributed by atoms with E-state index in [1.165, 1.54) is 11.3 Å². The predicted molar refractivity (Wildman–Crippen MR) is 87.6 cm³/mol. The Morgan fingerprint density at radius 1 is 1.30 bits per heavy atom. The molecule has 1 aromatic heterocycles. The zero-order valence-electron chi connectivity index (χ0n) is 12.3. The fraction of sp³-hybridized carbons (Fsp3) is 0.312. The van der Waals surface area contributed by atoms with E-state index in [0.29, 0.717) is 28.9 Å². The Balaban J connectivity index is 1.71. The number of primary amides is 1. The number of hydrogen-bond donors (Lipinski definition) is 2. The SMILES string of the molecule is NC(=O)[C@@H]1[C@H]2C[C@H]2CN1C(=O)c1ccccc1-c1csc(N)n1.